The first kappa shape index (κ1) is 15.0. The minimum absolute atomic E-state index is 0.0648. The van der Waals surface area contributed by atoms with Gasteiger partial charge in [-0.3, -0.25) is 14.4 Å². The summed E-state index contributed by atoms with van der Waals surface area (Å²) < 4.78 is 0. The lowest BCUT2D eigenvalue weighted by Crippen LogP contribution is -2.66. The number of carbonyl (C=O) groups is 3. The number of amides is 1. The predicted molar refractivity (Wildman–Crippen MR) is 73.1 cm³/mol. The van der Waals surface area contributed by atoms with E-state index in [9.17, 15) is 14.4 Å². The van der Waals surface area contributed by atoms with Crippen molar-refractivity contribution in [2.75, 3.05) is 6.54 Å². The molecule has 1 aliphatic heterocycles. The Labute approximate surface area is 119 Å². The molecule has 1 spiro atoms. The van der Waals surface area contributed by atoms with Crippen LogP contribution < -0.4 is 0 Å². The Morgan fingerprint density at radius 2 is 2.00 bits per heavy atom. The number of hydrogen-bond donors (Lipinski definition) is 1. The van der Waals surface area contributed by atoms with E-state index in [2.05, 4.69) is 6.92 Å². The molecule has 20 heavy (non-hydrogen) atoms. The van der Waals surface area contributed by atoms with Gasteiger partial charge in [0, 0.05) is 13.0 Å². The minimum Gasteiger partial charge on any atom is -0.481 e. The van der Waals surface area contributed by atoms with E-state index >= 15 is 0 Å². The van der Waals surface area contributed by atoms with Gasteiger partial charge in [0.25, 0.3) is 0 Å². The molecule has 1 saturated heterocycles. The Morgan fingerprint density at radius 3 is 2.45 bits per heavy atom. The number of β-lactam (4-membered cyclic amide) rings is 1. The van der Waals surface area contributed by atoms with Crippen LogP contribution in [0.4, 0.5) is 0 Å². The number of carboxylic acids is 1. The van der Waals surface area contributed by atoms with Crippen molar-refractivity contribution in [2.45, 2.75) is 58.4 Å². The molecule has 1 aliphatic carbocycles. The maximum Gasteiger partial charge on any atom is 0.303 e. The molecule has 2 fully saturated rings. The molecule has 0 aromatic heterocycles. The first-order chi connectivity index (χ1) is 9.35. The van der Waals surface area contributed by atoms with E-state index in [1.54, 1.807) is 4.90 Å². The SMILES string of the molecule is CC(=O)[C@H](CCC(=O)O)N1CC2(CCC(C)CC2)C1=O. The Morgan fingerprint density at radius 1 is 1.40 bits per heavy atom. The molecule has 112 valence electrons. The molecule has 2 aliphatic rings. The summed E-state index contributed by atoms with van der Waals surface area (Å²) in [5, 5.41) is 8.74. The van der Waals surface area contributed by atoms with Crippen molar-refractivity contribution in [1.29, 1.82) is 0 Å². The van der Waals surface area contributed by atoms with Crippen LogP contribution in [0, 0.1) is 11.3 Å². The van der Waals surface area contributed by atoms with Crippen LogP contribution >= 0.6 is 0 Å². The van der Waals surface area contributed by atoms with Crippen LogP contribution in [0.5, 0.6) is 0 Å². The Hall–Kier alpha value is -1.39. The van der Waals surface area contributed by atoms with Gasteiger partial charge in [0.2, 0.25) is 5.91 Å². The van der Waals surface area contributed by atoms with Gasteiger partial charge in [-0.1, -0.05) is 6.92 Å². The van der Waals surface area contributed by atoms with Gasteiger partial charge in [-0.05, 0) is 44.9 Å². The number of likely N-dealkylation sites (tertiary alicyclic amines) is 1. The van der Waals surface area contributed by atoms with Crippen molar-refractivity contribution in [2.24, 2.45) is 11.3 Å². The van der Waals surface area contributed by atoms with Crippen molar-refractivity contribution in [3.8, 4) is 0 Å². The molecule has 5 heteroatoms. The molecule has 0 unspecified atom stereocenters. The van der Waals surface area contributed by atoms with Crippen molar-refractivity contribution in [1.82, 2.24) is 4.90 Å². The third-order valence-electron chi connectivity index (χ3n) is 4.90. The second-order valence-electron chi connectivity index (χ2n) is 6.45. The van der Waals surface area contributed by atoms with Crippen LogP contribution in [0.2, 0.25) is 0 Å². The molecule has 0 bridgehead atoms. The molecular weight excluding hydrogens is 258 g/mol. The smallest absolute Gasteiger partial charge is 0.303 e. The molecule has 1 N–H and O–H groups in total. The molecule has 1 atom stereocenters. The molecule has 1 amide bonds. The number of ketones is 1. The average molecular weight is 281 g/mol. The average Bonchev–Trinajstić information content (AvgIpc) is 2.39. The summed E-state index contributed by atoms with van der Waals surface area (Å²) in [6, 6.07) is -0.552. The first-order valence-corrected chi connectivity index (χ1v) is 7.39. The number of carbonyl (C=O) groups excluding carboxylic acids is 2. The number of Topliss-reactive ketones (excluding diaryl/α,β-unsaturated/α-hetero) is 1. The Bertz CT molecular complexity index is 424. The zero-order valence-electron chi connectivity index (χ0n) is 12.2. The van der Waals surface area contributed by atoms with Crippen molar-refractivity contribution in [3.05, 3.63) is 0 Å². The van der Waals surface area contributed by atoms with Gasteiger partial charge in [-0.2, -0.15) is 0 Å². The van der Waals surface area contributed by atoms with Crippen molar-refractivity contribution in [3.63, 3.8) is 0 Å². The van der Waals surface area contributed by atoms with Gasteiger partial charge in [0.1, 0.15) is 0 Å². The Kier molecular flexibility index (Phi) is 4.16. The van der Waals surface area contributed by atoms with Crippen LogP contribution in [-0.2, 0) is 14.4 Å². The zero-order valence-corrected chi connectivity index (χ0v) is 12.2. The van der Waals surface area contributed by atoms with Crippen LogP contribution in [0.3, 0.4) is 0 Å². The third-order valence-corrected chi connectivity index (χ3v) is 4.90. The number of carboxylic acid groups (broad SMARTS) is 1. The highest BCUT2D eigenvalue weighted by Gasteiger charge is 2.55. The fraction of sp³-hybridized carbons (Fsp3) is 0.800. The lowest BCUT2D eigenvalue weighted by molar-refractivity contribution is -0.172. The number of aliphatic carboxylic acids is 1. The van der Waals surface area contributed by atoms with Gasteiger partial charge in [-0.15, -0.1) is 0 Å². The van der Waals surface area contributed by atoms with Gasteiger partial charge in [0.05, 0.1) is 11.5 Å². The normalized spacial score (nSPS) is 31.0. The van der Waals surface area contributed by atoms with Crippen molar-refractivity contribution >= 4 is 17.7 Å². The first-order valence-electron chi connectivity index (χ1n) is 7.39. The summed E-state index contributed by atoms with van der Waals surface area (Å²) in [4.78, 5) is 36.4. The molecule has 0 aromatic rings. The predicted octanol–water partition coefficient (Wildman–Crippen LogP) is 1.85. The topological polar surface area (TPSA) is 74.7 Å². The monoisotopic (exact) mass is 281 g/mol. The standard InChI is InChI=1S/C15H23NO4/c1-10-5-7-15(8-6-10)9-16(14(15)20)12(11(2)17)3-4-13(18)19/h10,12H,3-9H2,1-2H3,(H,18,19)/t10?,12-,15?/m0/s1. The molecule has 1 saturated carbocycles. The van der Waals surface area contributed by atoms with Crippen LogP contribution in [0.15, 0.2) is 0 Å². The van der Waals surface area contributed by atoms with E-state index in [1.807, 2.05) is 0 Å². The molecular formula is C15H23NO4. The van der Waals surface area contributed by atoms with Crippen molar-refractivity contribution < 1.29 is 19.5 Å². The summed E-state index contributed by atoms with van der Waals surface area (Å²) in [7, 11) is 0. The van der Waals surface area contributed by atoms with Gasteiger partial charge in [-0.25, -0.2) is 0 Å². The second-order valence-corrected chi connectivity index (χ2v) is 6.45. The lowest BCUT2D eigenvalue weighted by atomic mass is 9.65. The summed E-state index contributed by atoms with van der Waals surface area (Å²) >= 11 is 0. The van der Waals surface area contributed by atoms with Crippen LogP contribution in [0.25, 0.3) is 0 Å². The van der Waals surface area contributed by atoms with E-state index in [1.165, 1.54) is 6.92 Å². The quantitative estimate of drug-likeness (QED) is 0.780. The summed E-state index contributed by atoms with van der Waals surface area (Å²) in [5.41, 5.74) is -0.247. The molecule has 2 rings (SSSR count). The van der Waals surface area contributed by atoms with Gasteiger partial charge < -0.3 is 10.0 Å². The highest BCUT2D eigenvalue weighted by molar-refractivity contribution is 5.94. The van der Waals surface area contributed by atoms with E-state index in [0.29, 0.717) is 12.5 Å². The fourth-order valence-electron chi connectivity index (χ4n) is 3.46. The second kappa shape index (κ2) is 5.54. The van der Waals surface area contributed by atoms with Crippen LogP contribution in [0.1, 0.15) is 52.4 Å². The van der Waals surface area contributed by atoms with E-state index in [-0.39, 0.29) is 29.9 Å². The number of nitrogens with zero attached hydrogens (tertiary/aromatic N) is 1. The van der Waals surface area contributed by atoms with Crippen LogP contribution in [-0.4, -0.2) is 40.3 Å². The van der Waals surface area contributed by atoms with Gasteiger partial charge >= 0.3 is 5.97 Å². The summed E-state index contributed by atoms with van der Waals surface area (Å²) in [6.45, 7) is 4.27. The molecule has 0 aromatic carbocycles. The lowest BCUT2D eigenvalue weighted by Gasteiger charge is -2.54. The van der Waals surface area contributed by atoms with Gasteiger partial charge in [0.15, 0.2) is 5.78 Å². The molecule has 5 nitrogen and oxygen atoms in total. The number of rotatable bonds is 5. The zero-order chi connectivity index (χ0) is 14.9. The van der Waals surface area contributed by atoms with E-state index in [4.69, 9.17) is 5.11 Å². The van der Waals surface area contributed by atoms with E-state index < -0.39 is 12.0 Å². The molecule has 0 radical (unpaired) electrons. The highest BCUT2D eigenvalue weighted by Crippen LogP contribution is 2.47. The summed E-state index contributed by atoms with van der Waals surface area (Å²) in [6.07, 6.45) is 4.11. The minimum atomic E-state index is -0.926. The Balaban J connectivity index is 1.98. The number of hydrogen-bond acceptors (Lipinski definition) is 3. The fourth-order valence-corrected chi connectivity index (χ4v) is 3.46. The highest BCUT2D eigenvalue weighted by atomic mass is 16.4. The molecule has 1 heterocycles. The summed E-state index contributed by atoms with van der Waals surface area (Å²) in [5.74, 6) is -0.294. The third kappa shape index (κ3) is 2.72. The van der Waals surface area contributed by atoms with E-state index in [0.717, 1.165) is 25.7 Å². The maximum absolute atomic E-state index is 12.5. The largest absolute Gasteiger partial charge is 0.481 e. The maximum atomic E-state index is 12.5.